The SMILES string of the molecule is Fc1ccc(N=Nc2ncc[nH]2)cc1. The van der Waals surface area contributed by atoms with E-state index in [9.17, 15) is 4.39 Å². The van der Waals surface area contributed by atoms with Gasteiger partial charge >= 0.3 is 0 Å². The maximum atomic E-state index is 12.5. The van der Waals surface area contributed by atoms with E-state index in [1.165, 1.54) is 12.1 Å². The maximum Gasteiger partial charge on any atom is 0.246 e. The lowest BCUT2D eigenvalue weighted by molar-refractivity contribution is 0.628. The Morgan fingerprint density at radius 3 is 2.57 bits per heavy atom. The molecule has 2 aromatic rings. The van der Waals surface area contributed by atoms with Gasteiger partial charge < -0.3 is 4.98 Å². The molecule has 0 radical (unpaired) electrons. The van der Waals surface area contributed by atoms with Crippen LogP contribution in [0, 0.1) is 5.82 Å². The van der Waals surface area contributed by atoms with Crippen LogP contribution in [0.15, 0.2) is 46.9 Å². The highest BCUT2D eigenvalue weighted by Crippen LogP contribution is 2.14. The summed E-state index contributed by atoms with van der Waals surface area (Å²) in [7, 11) is 0. The van der Waals surface area contributed by atoms with E-state index in [-0.39, 0.29) is 5.82 Å². The second-order valence-electron chi connectivity index (χ2n) is 2.59. The van der Waals surface area contributed by atoms with Gasteiger partial charge in [0.1, 0.15) is 5.82 Å². The van der Waals surface area contributed by atoms with E-state index in [0.717, 1.165) is 0 Å². The van der Waals surface area contributed by atoms with Gasteiger partial charge in [0, 0.05) is 12.4 Å². The minimum atomic E-state index is -0.290. The number of azo groups is 1. The molecule has 0 aliphatic heterocycles. The highest BCUT2D eigenvalue weighted by atomic mass is 19.1. The molecule has 1 aromatic heterocycles. The monoisotopic (exact) mass is 190 g/mol. The lowest BCUT2D eigenvalue weighted by Crippen LogP contribution is -1.69. The van der Waals surface area contributed by atoms with Crippen molar-refractivity contribution >= 4 is 11.6 Å². The van der Waals surface area contributed by atoms with E-state index in [1.807, 2.05) is 0 Å². The van der Waals surface area contributed by atoms with Crippen LogP contribution in [-0.2, 0) is 0 Å². The molecule has 0 bridgehead atoms. The summed E-state index contributed by atoms with van der Waals surface area (Å²) in [4.78, 5) is 6.63. The topological polar surface area (TPSA) is 53.4 Å². The van der Waals surface area contributed by atoms with Crippen LogP contribution in [-0.4, -0.2) is 9.97 Å². The fraction of sp³-hybridized carbons (Fsp3) is 0. The summed E-state index contributed by atoms with van der Waals surface area (Å²) in [6, 6.07) is 5.75. The smallest absolute Gasteiger partial charge is 0.246 e. The number of nitrogens with zero attached hydrogens (tertiary/aromatic N) is 3. The summed E-state index contributed by atoms with van der Waals surface area (Å²) in [6.45, 7) is 0. The number of nitrogens with one attached hydrogen (secondary N) is 1. The molecule has 0 atom stereocenters. The molecule has 70 valence electrons. The molecular formula is C9H7FN4. The number of rotatable bonds is 2. The molecule has 0 unspecified atom stereocenters. The quantitative estimate of drug-likeness (QED) is 0.727. The average molecular weight is 190 g/mol. The first-order valence-corrected chi connectivity index (χ1v) is 4.01. The summed E-state index contributed by atoms with van der Waals surface area (Å²) >= 11 is 0. The van der Waals surface area contributed by atoms with Crippen LogP contribution in [0.1, 0.15) is 0 Å². The largest absolute Gasteiger partial charge is 0.328 e. The second-order valence-corrected chi connectivity index (χ2v) is 2.59. The van der Waals surface area contributed by atoms with Gasteiger partial charge in [0.25, 0.3) is 0 Å². The van der Waals surface area contributed by atoms with E-state index in [1.54, 1.807) is 24.5 Å². The van der Waals surface area contributed by atoms with E-state index in [0.29, 0.717) is 11.6 Å². The average Bonchev–Trinajstić information content (AvgIpc) is 2.70. The van der Waals surface area contributed by atoms with Gasteiger partial charge in [0.2, 0.25) is 5.95 Å². The fourth-order valence-electron chi connectivity index (χ4n) is 0.924. The molecule has 4 nitrogen and oxygen atoms in total. The molecule has 0 saturated heterocycles. The van der Waals surface area contributed by atoms with Gasteiger partial charge in [-0.05, 0) is 24.3 Å². The minimum absolute atomic E-state index is 0.290. The molecule has 0 spiro atoms. The Labute approximate surface area is 79.5 Å². The Bertz CT molecular complexity index is 419. The van der Waals surface area contributed by atoms with Crippen LogP contribution < -0.4 is 0 Å². The van der Waals surface area contributed by atoms with Gasteiger partial charge in [-0.25, -0.2) is 9.37 Å². The molecule has 1 N–H and O–H groups in total. The summed E-state index contributed by atoms with van der Waals surface area (Å²) in [5, 5.41) is 7.66. The lowest BCUT2D eigenvalue weighted by atomic mass is 10.3. The highest BCUT2D eigenvalue weighted by Gasteiger charge is 1.92. The molecule has 14 heavy (non-hydrogen) atoms. The number of imidazole rings is 1. The molecule has 2 rings (SSSR count). The molecule has 0 saturated carbocycles. The number of benzene rings is 1. The van der Waals surface area contributed by atoms with Crippen LogP contribution in [0.25, 0.3) is 0 Å². The normalized spacial score (nSPS) is 10.9. The Kier molecular flexibility index (Phi) is 2.31. The van der Waals surface area contributed by atoms with Gasteiger partial charge in [-0.2, -0.15) is 0 Å². The zero-order chi connectivity index (χ0) is 9.80. The first-order chi connectivity index (χ1) is 6.84. The molecular weight excluding hydrogens is 183 g/mol. The van der Waals surface area contributed by atoms with Gasteiger partial charge in [0.05, 0.1) is 5.69 Å². The van der Waals surface area contributed by atoms with Crippen molar-refractivity contribution in [1.82, 2.24) is 9.97 Å². The van der Waals surface area contributed by atoms with Crippen molar-refractivity contribution in [2.45, 2.75) is 0 Å². The number of hydrogen-bond acceptors (Lipinski definition) is 3. The van der Waals surface area contributed by atoms with E-state index >= 15 is 0 Å². The first kappa shape index (κ1) is 8.55. The predicted octanol–water partition coefficient (Wildman–Crippen LogP) is 2.96. The Morgan fingerprint density at radius 1 is 1.14 bits per heavy atom. The number of halogens is 1. The third-order valence-electron chi connectivity index (χ3n) is 1.57. The molecule has 0 amide bonds. The standard InChI is InChI=1S/C9H7FN4/c10-7-1-3-8(4-2-7)13-14-9-11-5-6-12-9/h1-6H,(H,11,12). The number of hydrogen-bond donors (Lipinski definition) is 1. The molecule has 0 fully saturated rings. The predicted molar refractivity (Wildman–Crippen MR) is 49.2 cm³/mol. The van der Waals surface area contributed by atoms with Crippen LogP contribution >= 0.6 is 0 Å². The molecule has 1 aromatic carbocycles. The van der Waals surface area contributed by atoms with Crippen LogP contribution in [0.5, 0.6) is 0 Å². The van der Waals surface area contributed by atoms with Crippen molar-refractivity contribution < 1.29 is 4.39 Å². The summed E-state index contributed by atoms with van der Waals surface area (Å²) in [6.07, 6.45) is 3.23. The van der Waals surface area contributed by atoms with Gasteiger partial charge in [-0.1, -0.05) is 0 Å². The zero-order valence-electron chi connectivity index (χ0n) is 7.18. The van der Waals surface area contributed by atoms with E-state index < -0.39 is 0 Å². The van der Waals surface area contributed by atoms with Crippen molar-refractivity contribution in [2.24, 2.45) is 10.2 Å². The fourth-order valence-corrected chi connectivity index (χ4v) is 0.924. The van der Waals surface area contributed by atoms with Gasteiger partial charge in [-0.15, -0.1) is 10.2 Å². The Hall–Kier alpha value is -2.04. The molecule has 0 aliphatic carbocycles. The van der Waals surface area contributed by atoms with Gasteiger partial charge in [-0.3, -0.25) is 0 Å². The van der Waals surface area contributed by atoms with Crippen LogP contribution in [0.3, 0.4) is 0 Å². The molecule has 0 aliphatic rings. The van der Waals surface area contributed by atoms with Crippen molar-refractivity contribution in [1.29, 1.82) is 0 Å². The van der Waals surface area contributed by atoms with Crippen molar-refractivity contribution in [3.05, 3.63) is 42.5 Å². The summed E-state index contributed by atoms with van der Waals surface area (Å²) < 4.78 is 12.5. The summed E-state index contributed by atoms with van der Waals surface area (Å²) in [5.74, 6) is 0.135. The van der Waals surface area contributed by atoms with Crippen molar-refractivity contribution in [2.75, 3.05) is 0 Å². The van der Waals surface area contributed by atoms with E-state index in [2.05, 4.69) is 20.2 Å². The molecule has 5 heteroatoms. The maximum absolute atomic E-state index is 12.5. The van der Waals surface area contributed by atoms with E-state index in [4.69, 9.17) is 0 Å². The number of aromatic amines is 1. The van der Waals surface area contributed by atoms with Gasteiger partial charge in [0.15, 0.2) is 0 Å². The summed E-state index contributed by atoms with van der Waals surface area (Å²) in [5.41, 5.74) is 0.586. The van der Waals surface area contributed by atoms with Crippen molar-refractivity contribution in [3.63, 3.8) is 0 Å². The number of aromatic nitrogens is 2. The Morgan fingerprint density at radius 2 is 1.93 bits per heavy atom. The number of H-pyrrole nitrogens is 1. The lowest BCUT2D eigenvalue weighted by Gasteiger charge is -1.89. The first-order valence-electron chi connectivity index (χ1n) is 4.01. The van der Waals surface area contributed by atoms with Crippen LogP contribution in [0.4, 0.5) is 16.0 Å². The Balaban J connectivity index is 2.15. The zero-order valence-corrected chi connectivity index (χ0v) is 7.18. The van der Waals surface area contributed by atoms with Crippen LogP contribution in [0.2, 0.25) is 0 Å². The third-order valence-corrected chi connectivity index (χ3v) is 1.57. The second kappa shape index (κ2) is 3.78. The van der Waals surface area contributed by atoms with Crippen molar-refractivity contribution in [3.8, 4) is 0 Å². The molecule has 1 heterocycles. The highest BCUT2D eigenvalue weighted by molar-refractivity contribution is 5.36. The minimum Gasteiger partial charge on any atom is -0.328 e. The third kappa shape index (κ3) is 2.01.